The minimum Gasteiger partial charge on any atom is -0.395 e. The van der Waals surface area contributed by atoms with Crippen LogP contribution < -0.4 is 0 Å². The van der Waals surface area contributed by atoms with Gasteiger partial charge in [-0.1, -0.05) is 30.0 Å². The third kappa shape index (κ3) is 5.18. The molecule has 0 bridgehead atoms. The molecule has 0 saturated carbocycles. The molecule has 1 heterocycles. The third-order valence-corrected chi connectivity index (χ3v) is 5.35. The van der Waals surface area contributed by atoms with Crippen LogP contribution in [0, 0.1) is 11.6 Å². The molecule has 2 rings (SSSR count). The Morgan fingerprint density at radius 2 is 2.20 bits per heavy atom. The van der Waals surface area contributed by atoms with Crippen molar-refractivity contribution in [3.8, 4) is 0 Å². The van der Waals surface area contributed by atoms with Crippen molar-refractivity contribution < 1.29 is 19.0 Å². The molecule has 136 valence electrons. The molecule has 2 aromatic rings. The molecule has 1 aromatic carbocycles. The van der Waals surface area contributed by atoms with Gasteiger partial charge in [-0.15, -0.1) is 0 Å². The molecule has 1 atom stereocenters. The van der Waals surface area contributed by atoms with Gasteiger partial charge in [-0.25, -0.2) is 18.4 Å². The van der Waals surface area contributed by atoms with Gasteiger partial charge in [0, 0.05) is 31.0 Å². The van der Waals surface area contributed by atoms with Crippen molar-refractivity contribution in [1.82, 2.24) is 19.7 Å². The number of likely N-dealkylation sites (N-methyl/N-ethyl adjacent to an activating group) is 1. The maximum absolute atomic E-state index is 14.2. The van der Waals surface area contributed by atoms with E-state index in [9.17, 15) is 13.9 Å². The summed E-state index contributed by atoms with van der Waals surface area (Å²) >= 11 is 6.38. The number of aromatic nitrogens is 3. The second kappa shape index (κ2) is 8.65. The molecule has 0 saturated heterocycles. The van der Waals surface area contributed by atoms with Crippen LogP contribution in [0.4, 0.5) is 8.78 Å². The normalized spacial score (nSPS) is 13.5. The molecule has 0 amide bonds. The first-order valence-electron chi connectivity index (χ1n) is 7.35. The Labute approximate surface area is 153 Å². The van der Waals surface area contributed by atoms with Crippen molar-refractivity contribution in [1.29, 1.82) is 0 Å². The van der Waals surface area contributed by atoms with E-state index in [-0.39, 0.29) is 24.5 Å². The van der Waals surface area contributed by atoms with Gasteiger partial charge in [0.1, 0.15) is 34.2 Å². The highest BCUT2D eigenvalue weighted by molar-refractivity contribution is 8.22. The van der Waals surface area contributed by atoms with E-state index >= 15 is 0 Å². The molecule has 6 nitrogen and oxygen atoms in total. The first-order valence-corrected chi connectivity index (χ1v) is 8.74. The summed E-state index contributed by atoms with van der Waals surface area (Å²) in [6.45, 7) is 0.208. The molecular formula is C15H18F2N4O2S2. The molecule has 2 N–H and O–H groups in total. The zero-order valence-corrected chi connectivity index (χ0v) is 15.1. The van der Waals surface area contributed by atoms with Gasteiger partial charge in [-0.3, -0.25) is 0 Å². The Balaban J connectivity index is 2.24. The van der Waals surface area contributed by atoms with Crippen LogP contribution in [0.1, 0.15) is 5.56 Å². The first-order chi connectivity index (χ1) is 11.9. The van der Waals surface area contributed by atoms with E-state index in [1.165, 1.54) is 23.4 Å². The third-order valence-electron chi connectivity index (χ3n) is 3.50. The van der Waals surface area contributed by atoms with Gasteiger partial charge in [0.15, 0.2) is 0 Å². The fraction of sp³-hybridized carbons (Fsp3) is 0.400. The average Bonchev–Trinajstić information content (AvgIpc) is 3.05. The van der Waals surface area contributed by atoms with E-state index in [1.807, 2.05) is 0 Å². The Kier molecular flexibility index (Phi) is 6.82. The molecule has 10 heteroatoms. The Morgan fingerprint density at radius 3 is 2.80 bits per heavy atom. The fourth-order valence-electron chi connectivity index (χ4n) is 2.19. The van der Waals surface area contributed by atoms with Gasteiger partial charge < -0.3 is 15.1 Å². The SMILES string of the molecule is CN(CCO)C(=S)SCC(O)(Cn1cncn1)c1ccc(F)cc1F. The summed E-state index contributed by atoms with van der Waals surface area (Å²) in [5, 5.41) is 24.0. The van der Waals surface area contributed by atoms with Crippen LogP contribution in [0.3, 0.4) is 0 Å². The second-order valence-electron chi connectivity index (χ2n) is 5.45. The van der Waals surface area contributed by atoms with Gasteiger partial charge in [0.25, 0.3) is 0 Å². The Hall–Kier alpha value is -1.62. The second-order valence-corrected chi connectivity index (χ2v) is 7.06. The minimum absolute atomic E-state index is 0.0179. The van der Waals surface area contributed by atoms with E-state index < -0.39 is 17.2 Å². The lowest BCUT2D eigenvalue weighted by atomic mass is 9.95. The van der Waals surface area contributed by atoms with E-state index in [0.717, 1.165) is 23.9 Å². The molecule has 0 aliphatic rings. The molecule has 1 unspecified atom stereocenters. The van der Waals surface area contributed by atoms with Gasteiger partial charge in [0.2, 0.25) is 0 Å². The number of benzene rings is 1. The van der Waals surface area contributed by atoms with Crippen LogP contribution >= 0.6 is 24.0 Å². The predicted molar refractivity (Wildman–Crippen MR) is 95.0 cm³/mol. The van der Waals surface area contributed by atoms with E-state index in [0.29, 0.717) is 10.9 Å². The van der Waals surface area contributed by atoms with Gasteiger partial charge >= 0.3 is 0 Å². The number of thiocarbonyl (C=S) groups is 1. The molecule has 0 aliphatic carbocycles. The van der Waals surface area contributed by atoms with Crippen molar-refractivity contribution in [3.63, 3.8) is 0 Å². The van der Waals surface area contributed by atoms with Crippen molar-refractivity contribution in [2.45, 2.75) is 12.1 Å². The number of hydrogen-bond acceptors (Lipinski definition) is 6. The van der Waals surface area contributed by atoms with Gasteiger partial charge in [-0.2, -0.15) is 5.10 Å². The topological polar surface area (TPSA) is 74.4 Å². The average molecular weight is 388 g/mol. The standard InChI is InChI=1S/C15H18F2N4O2S2/c1-20(4-5-22)14(24)25-8-15(23,7-21-10-18-9-19-21)12-3-2-11(16)6-13(12)17/h2-3,6,9-10,22-23H,4-5,7-8H2,1H3. The summed E-state index contributed by atoms with van der Waals surface area (Å²) < 4.78 is 29.3. The number of hydrogen-bond donors (Lipinski definition) is 2. The van der Waals surface area contributed by atoms with E-state index in [1.54, 1.807) is 11.9 Å². The highest BCUT2D eigenvalue weighted by Crippen LogP contribution is 2.31. The maximum atomic E-state index is 14.2. The lowest BCUT2D eigenvalue weighted by Crippen LogP contribution is -2.37. The van der Waals surface area contributed by atoms with Crippen LogP contribution in [0.2, 0.25) is 0 Å². The maximum Gasteiger partial charge on any atom is 0.137 e. The molecule has 25 heavy (non-hydrogen) atoms. The summed E-state index contributed by atoms with van der Waals surface area (Å²) in [6, 6.07) is 3.02. The summed E-state index contributed by atoms with van der Waals surface area (Å²) in [5.74, 6) is -1.56. The zero-order valence-electron chi connectivity index (χ0n) is 13.5. The Morgan fingerprint density at radius 1 is 1.44 bits per heavy atom. The number of thioether (sulfide) groups is 1. The summed E-state index contributed by atoms with van der Waals surface area (Å²) in [7, 11) is 1.71. The van der Waals surface area contributed by atoms with Crippen LogP contribution in [-0.2, 0) is 12.1 Å². The monoisotopic (exact) mass is 388 g/mol. The van der Waals surface area contributed by atoms with Crippen LogP contribution in [0.15, 0.2) is 30.9 Å². The van der Waals surface area contributed by atoms with Crippen LogP contribution in [0.5, 0.6) is 0 Å². The molecule has 1 aromatic heterocycles. The van der Waals surface area contributed by atoms with Crippen molar-refractivity contribution in [2.24, 2.45) is 0 Å². The molecule has 0 fully saturated rings. The molecule has 0 radical (unpaired) electrons. The molecule has 0 spiro atoms. The largest absolute Gasteiger partial charge is 0.395 e. The van der Waals surface area contributed by atoms with Crippen molar-refractivity contribution >= 4 is 28.3 Å². The van der Waals surface area contributed by atoms with Crippen molar-refractivity contribution in [3.05, 3.63) is 48.1 Å². The number of halogens is 2. The quantitative estimate of drug-likeness (QED) is 0.694. The number of aliphatic hydroxyl groups excluding tert-OH is 1. The highest BCUT2D eigenvalue weighted by atomic mass is 32.2. The summed E-state index contributed by atoms with van der Waals surface area (Å²) in [4.78, 5) is 5.45. The smallest absolute Gasteiger partial charge is 0.137 e. The fourth-order valence-corrected chi connectivity index (χ4v) is 3.38. The highest BCUT2D eigenvalue weighted by Gasteiger charge is 2.34. The van der Waals surface area contributed by atoms with E-state index in [4.69, 9.17) is 17.3 Å². The minimum atomic E-state index is -1.68. The molecule has 0 aliphatic heterocycles. The zero-order chi connectivity index (χ0) is 18.4. The summed E-state index contributed by atoms with van der Waals surface area (Å²) in [6.07, 6.45) is 2.70. The first kappa shape index (κ1) is 19.7. The van der Waals surface area contributed by atoms with Crippen molar-refractivity contribution in [2.75, 3.05) is 26.0 Å². The number of aliphatic hydroxyl groups is 2. The lowest BCUT2D eigenvalue weighted by Gasteiger charge is -2.29. The van der Waals surface area contributed by atoms with Gasteiger partial charge in [0.05, 0.1) is 13.2 Å². The van der Waals surface area contributed by atoms with Crippen LogP contribution in [0.25, 0.3) is 0 Å². The predicted octanol–water partition coefficient (Wildman–Crippen LogP) is 1.39. The lowest BCUT2D eigenvalue weighted by molar-refractivity contribution is 0.0362. The van der Waals surface area contributed by atoms with E-state index in [2.05, 4.69) is 10.1 Å². The number of nitrogens with zero attached hydrogens (tertiary/aromatic N) is 4. The summed E-state index contributed by atoms with van der Waals surface area (Å²) in [5.41, 5.74) is -1.73. The Bertz CT molecular complexity index is 718. The number of rotatable bonds is 7. The van der Waals surface area contributed by atoms with Crippen LogP contribution in [-0.4, -0.2) is 60.2 Å². The molecular weight excluding hydrogens is 370 g/mol. The van der Waals surface area contributed by atoms with Gasteiger partial charge in [-0.05, 0) is 6.07 Å².